The van der Waals surface area contributed by atoms with Crippen molar-refractivity contribution in [2.45, 2.75) is 26.8 Å². The third-order valence-corrected chi connectivity index (χ3v) is 2.39. The summed E-state index contributed by atoms with van der Waals surface area (Å²) in [5, 5.41) is 3.70. The minimum atomic E-state index is -0.281. The number of nitrogens with one attached hydrogen (secondary N) is 1. The van der Waals surface area contributed by atoms with Crippen molar-refractivity contribution in [3.63, 3.8) is 0 Å². The molecule has 0 aliphatic rings. The first-order chi connectivity index (χ1) is 7.49. The minimum absolute atomic E-state index is 0.281. The number of halogens is 2. The molecule has 0 fully saturated rings. The molecule has 0 unspecified atom stereocenters. The van der Waals surface area contributed by atoms with Gasteiger partial charge in [0.1, 0.15) is 5.82 Å². The maximum atomic E-state index is 13.5. The second-order valence-electron chi connectivity index (χ2n) is 4.19. The third kappa shape index (κ3) is 4.33. The van der Waals surface area contributed by atoms with Gasteiger partial charge in [0.05, 0.1) is 0 Å². The van der Waals surface area contributed by atoms with E-state index in [-0.39, 0.29) is 5.82 Å². The Bertz CT molecular complexity index is 386. The topological polar surface area (TPSA) is 12.0 Å². The van der Waals surface area contributed by atoms with Gasteiger partial charge in [0.25, 0.3) is 0 Å². The Hall–Kier alpha value is -0.860. The van der Waals surface area contributed by atoms with Gasteiger partial charge in [-0.3, -0.25) is 0 Å². The largest absolute Gasteiger partial charge is 0.311 e. The van der Waals surface area contributed by atoms with Crippen LogP contribution in [-0.2, 0) is 0 Å². The van der Waals surface area contributed by atoms with Crippen molar-refractivity contribution in [2.75, 3.05) is 6.54 Å². The summed E-state index contributed by atoms with van der Waals surface area (Å²) in [5.74, 6) is -0.281. The van der Waals surface area contributed by atoms with Crippen LogP contribution in [0.15, 0.2) is 23.8 Å². The molecular weight excluding hydrogens is 225 g/mol. The zero-order chi connectivity index (χ0) is 12.1. The Morgan fingerprint density at radius 2 is 2.19 bits per heavy atom. The summed E-state index contributed by atoms with van der Waals surface area (Å²) < 4.78 is 13.5. The molecule has 0 aliphatic heterocycles. The molecule has 1 rings (SSSR count). The molecule has 0 atom stereocenters. The molecule has 0 saturated heterocycles. The Morgan fingerprint density at radius 1 is 1.50 bits per heavy atom. The molecule has 1 nitrogen and oxygen atoms in total. The van der Waals surface area contributed by atoms with Crippen molar-refractivity contribution >= 4 is 17.7 Å². The molecule has 3 heteroatoms. The van der Waals surface area contributed by atoms with Gasteiger partial charge in [0.2, 0.25) is 0 Å². The molecule has 0 heterocycles. The average Bonchev–Trinajstić information content (AvgIpc) is 2.19. The molecule has 16 heavy (non-hydrogen) atoms. The highest BCUT2D eigenvalue weighted by Crippen LogP contribution is 2.16. The second-order valence-corrected chi connectivity index (χ2v) is 4.63. The van der Waals surface area contributed by atoms with E-state index in [0.29, 0.717) is 16.6 Å². The molecule has 0 spiro atoms. The summed E-state index contributed by atoms with van der Waals surface area (Å²) >= 11 is 5.68. The van der Waals surface area contributed by atoms with Crippen LogP contribution in [0.4, 0.5) is 4.39 Å². The predicted octanol–water partition coefficient (Wildman–Crippen LogP) is 3.88. The number of benzene rings is 1. The lowest BCUT2D eigenvalue weighted by Crippen LogP contribution is -2.24. The van der Waals surface area contributed by atoms with Gasteiger partial charge >= 0.3 is 0 Å². The molecule has 1 aromatic rings. The molecule has 0 saturated carbocycles. The van der Waals surface area contributed by atoms with Gasteiger partial charge in [0.15, 0.2) is 0 Å². The monoisotopic (exact) mass is 241 g/mol. The van der Waals surface area contributed by atoms with Crippen molar-refractivity contribution in [1.82, 2.24) is 5.32 Å². The second kappa shape index (κ2) is 6.02. The van der Waals surface area contributed by atoms with Crippen LogP contribution in [0, 0.1) is 5.82 Å². The zero-order valence-electron chi connectivity index (χ0n) is 9.85. The van der Waals surface area contributed by atoms with Crippen LogP contribution in [0.5, 0.6) is 0 Å². The molecule has 0 radical (unpaired) electrons. The van der Waals surface area contributed by atoms with Crippen LogP contribution in [0.25, 0.3) is 6.08 Å². The molecule has 0 aliphatic carbocycles. The summed E-state index contributed by atoms with van der Waals surface area (Å²) in [7, 11) is 0. The first kappa shape index (κ1) is 13.2. The normalized spacial score (nSPS) is 12.2. The fourth-order valence-corrected chi connectivity index (χ4v) is 1.46. The van der Waals surface area contributed by atoms with E-state index in [0.717, 1.165) is 12.1 Å². The predicted molar refractivity (Wildman–Crippen MR) is 68.2 cm³/mol. The number of hydrogen-bond acceptors (Lipinski definition) is 1. The Balaban J connectivity index is 2.74. The number of hydrogen-bond donors (Lipinski definition) is 1. The van der Waals surface area contributed by atoms with Gasteiger partial charge in [-0.25, -0.2) is 4.39 Å². The maximum absolute atomic E-state index is 13.5. The zero-order valence-corrected chi connectivity index (χ0v) is 10.6. The van der Waals surface area contributed by atoms with Crippen LogP contribution in [0.2, 0.25) is 5.02 Å². The van der Waals surface area contributed by atoms with Gasteiger partial charge in [0, 0.05) is 23.2 Å². The van der Waals surface area contributed by atoms with E-state index in [2.05, 4.69) is 19.2 Å². The van der Waals surface area contributed by atoms with Crippen molar-refractivity contribution in [3.8, 4) is 0 Å². The van der Waals surface area contributed by atoms with E-state index in [1.807, 2.05) is 13.0 Å². The fourth-order valence-electron chi connectivity index (χ4n) is 1.30. The van der Waals surface area contributed by atoms with Crippen LogP contribution in [-0.4, -0.2) is 12.6 Å². The molecule has 88 valence electrons. The highest BCUT2D eigenvalue weighted by molar-refractivity contribution is 6.30. The lowest BCUT2D eigenvalue weighted by molar-refractivity contribution is 0.619. The first-order valence-electron chi connectivity index (χ1n) is 5.34. The van der Waals surface area contributed by atoms with E-state index >= 15 is 0 Å². The van der Waals surface area contributed by atoms with Crippen LogP contribution in [0.1, 0.15) is 26.3 Å². The Kier molecular flexibility index (Phi) is 4.97. The summed E-state index contributed by atoms with van der Waals surface area (Å²) in [5.41, 5.74) is 1.67. The Labute approximate surface area is 101 Å². The first-order valence-corrected chi connectivity index (χ1v) is 5.72. The maximum Gasteiger partial charge on any atom is 0.131 e. The van der Waals surface area contributed by atoms with E-state index in [1.54, 1.807) is 12.1 Å². The molecule has 1 N–H and O–H groups in total. The fraction of sp³-hybridized carbons (Fsp3) is 0.385. The van der Waals surface area contributed by atoms with Crippen molar-refractivity contribution in [2.24, 2.45) is 0 Å². The summed E-state index contributed by atoms with van der Waals surface area (Å²) in [4.78, 5) is 0. The van der Waals surface area contributed by atoms with Gasteiger partial charge in [-0.05, 0) is 19.1 Å². The van der Waals surface area contributed by atoms with Gasteiger partial charge in [-0.2, -0.15) is 0 Å². The highest BCUT2D eigenvalue weighted by Gasteiger charge is 2.01. The van der Waals surface area contributed by atoms with Gasteiger partial charge < -0.3 is 5.32 Å². The molecule has 0 amide bonds. The van der Waals surface area contributed by atoms with Crippen molar-refractivity contribution < 1.29 is 4.39 Å². The van der Waals surface area contributed by atoms with Crippen LogP contribution >= 0.6 is 11.6 Å². The number of rotatable bonds is 4. The smallest absolute Gasteiger partial charge is 0.131 e. The van der Waals surface area contributed by atoms with E-state index < -0.39 is 0 Å². The average molecular weight is 242 g/mol. The van der Waals surface area contributed by atoms with Crippen LogP contribution in [0.3, 0.4) is 0 Å². The molecule has 0 aromatic heterocycles. The molecule has 0 bridgehead atoms. The summed E-state index contributed by atoms with van der Waals surface area (Å²) in [6.45, 7) is 6.90. The summed E-state index contributed by atoms with van der Waals surface area (Å²) in [6.07, 6.45) is 1.83. The van der Waals surface area contributed by atoms with Gasteiger partial charge in [-0.1, -0.05) is 43.2 Å². The van der Waals surface area contributed by atoms with E-state index in [4.69, 9.17) is 11.6 Å². The standard InChI is InChI=1S/C13H17ClFN/c1-9(2)16-8-10(3)6-11-4-5-12(14)7-13(11)15/h4-7,9,16H,8H2,1-3H3/b10-6+. The lowest BCUT2D eigenvalue weighted by atomic mass is 10.1. The van der Waals surface area contributed by atoms with Gasteiger partial charge in [-0.15, -0.1) is 0 Å². The highest BCUT2D eigenvalue weighted by atomic mass is 35.5. The van der Waals surface area contributed by atoms with Crippen molar-refractivity contribution in [3.05, 3.63) is 40.2 Å². The molecular formula is C13H17ClFN. The third-order valence-electron chi connectivity index (χ3n) is 2.15. The molecule has 1 aromatic carbocycles. The minimum Gasteiger partial charge on any atom is -0.311 e. The lowest BCUT2D eigenvalue weighted by Gasteiger charge is -2.08. The Morgan fingerprint density at radius 3 is 2.75 bits per heavy atom. The van der Waals surface area contributed by atoms with Crippen molar-refractivity contribution in [1.29, 1.82) is 0 Å². The summed E-state index contributed by atoms with van der Waals surface area (Å²) in [6, 6.07) is 5.14. The van der Waals surface area contributed by atoms with E-state index in [9.17, 15) is 4.39 Å². The van der Waals surface area contributed by atoms with Crippen LogP contribution < -0.4 is 5.32 Å². The van der Waals surface area contributed by atoms with E-state index in [1.165, 1.54) is 6.07 Å². The SMILES string of the molecule is C/C(=C\c1ccc(Cl)cc1F)CNC(C)C. The quantitative estimate of drug-likeness (QED) is 0.844.